The predicted molar refractivity (Wildman–Crippen MR) is 70.1 cm³/mol. The highest BCUT2D eigenvalue weighted by Crippen LogP contribution is 2.10. The molecule has 0 aliphatic rings. The molecule has 0 unspecified atom stereocenters. The summed E-state index contributed by atoms with van der Waals surface area (Å²) in [5.74, 6) is 0.551. The first-order chi connectivity index (χ1) is 8.81. The molecule has 1 heterocycles. The van der Waals surface area contributed by atoms with Crippen molar-refractivity contribution in [1.82, 2.24) is 10.2 Å². The van der Waals surface area contributed by atoms with Crippen LogP contribution >= 0.6 is 0 Å². The molecule has 2 rings (SSSR count). The molecule has 0 spiro atoms. The Balaban J connectivity index is 1.93. The number of aryl methyl sites for hydroxylation is 1. The summed E-state index contributed by atoms with van der Waals surface area (Å²) in [5.41, 5.74) is 8.72. The highest BCUT2D eigenvalue weighted by atomic mass is 16.5. The lowest BCUT2D eigenvalue weighted by Crippen LogP contribution is -2.00. The molecule has 0 saturated carbocycles. The molecule has 4 nitrogen and oxygen atoms in total. The van der Waals surface area contributed by atoms with Gasteiger partial charge in [-0.05, 0) is 23.6 Å². The molecule has 0 fully saturated rings. The Morgan fingerprint density at radius 2 is 1.72 bits per heavy atom. The van der Waals surface area contributed by atoms with E-state index in [4.69, 9.17) is 10.5 Å². The number of benzene rings is 1. The van der Waals surface area contributed by atoms with Crippen LogP contribution < -0.4 is 10.5 Å². The van der Waals surface area contributed by atoms with Crippen LogP contribution in [-0.2, 0) is 19.6 Å². The van der Waals surface area contributed by atoms with Gasteiger partial charge in [0, 0.05) is 12.6 Å². The molecule has 0 saturated heterocycles. The molecule has 0 bridgehead atoms. The van der Waals surface area contributed by atoms with Gasteiger partial charge in [0.25, 0.3) is 0 Å². The van der Waals surface area contributed by atoms with Gasteiger partial charge < -0.3 is 10.5 Å². The number of rotatable bonds is 5. The van der Waals surface area contributed by atoms with Crippen LogP contribution in [0.25, 0.3) is 0 Å². The third-order valence-corrected chi connectivity index (χ3v) is 2.70. The first-order valence-corrected chi connectivity index (χ1v) is 6.05. The van der Waals surface area contributed by atoms with Crippen LogP contribution in [0.3, 0.4) is 0 Å². The predicted octanol–water partition coefficient (Wildman–Crippen LogP) is 2.08. The van der Waals surface area contributed by atoms with Crippen molar-refractivity contribution in [3.8, 4) is 5.88 Å². The van der Waals surface area contributed by atoms with Gasteiger partial charge in [-0.2, -0.15) is 5.10 Å². The van der Waals surface area contributed by atoms with E-state index in [1.807, 2.05) is 43.3 Å². The summed E-state index contributed by atoms with van der Waals surface area (Å²) in [4.78, 5) is 0. The van der Waals surface area contributed by atoms with Gasteiger partial charge in [-0.25, -0.2) is 0 Å². The fourth-order valence-electron chi connectivity index (χ4n) is 1.54. The topological polar surface area (TPSA) is 61.0 Å². The summed E-state index contributed by atoms with van der Waals surface area (Å²) in [6, 6.07) is 11.8. The van der Waals surface area contributed by atoms with E-state index in [9.17, 15) is 0 Å². The van der Waals surface area contributed by atoms with Gasteiger partial charge in [-0.15, -0.1) is 5.10 Å². The van der Waals surface area contributed by atoms with Crippen LogP contribution in [0.5, 0.6) is 5.88 Å². The van der Waals surface area contributed by atoms with E-state index in [2.05, 4.69) is 10.2 Å². The maximum atomic E-state index is 5.56. The Morgan fingerprint density at radius 3 is 2.28 bits per heavy atom. The smallest absolute Gasteiger partial charge is 0.233 e. The molecule has 1 aromatic heterocycles. The molecule has 1 aromatic carbocycles. The number of hydrogen-bond donors (Lipinski definition) is 1. The second-order valence-electron chi connectivity index (χ2n) is 4.03. The molecule has 4 heteroatoms. The quantitative estimate of drug-likeness (QED) is 0.873. The Kier molecular flexibility index (Phi) is 4.25. The number of nitrogens with zero attached hydrogens (tertiary/aromatic N) is 2. The van der Waals surface area contributed by atoms with Gasteiger partial charge in [0.2, 0.25) is 5.88 Å². The minimum absolute atomic E-state index is 0.491. The number of aromatic nitrogens is 2. The van der Waals surface area contributed by atoms with Crippen LogP contribution in [0.2, 0.25) is 0 Å². The van der Waals surface area contributed by atoms with Crippen LogP contribution in [0.15, 0.2) is 36.4 Å². The van der Waals surface area contributed by atoms with E-state index < -0.39 is 0 Å². The summed E-state index contributed by atoms with van der Waals surface area (Å²) in [7, 11) is 0. The molecule has 2 N–H and O–H groups in total. The van der Waals surface area contributed by atoms with Gasteiger partial charge in [0.1, 0.15) is 6.61 Å². The van der Waals surface area contributed by atoms with Gasteiger partial charge >= 0.3 is 0 Å². The van der Waals surface area contributed by atoms with E-state index in [0.29, 0.717) is 19.0 Å². The van der Waals surface area contributed by atoms with Crippen LogP contribution in [-0.4, -0.2) is 10.2 Å². The fourth-order valence-corrected chi connectivity index (χ4v) is 1.54. The highest BCUT2D eigenvalue weighted by Gasteiger charge is 1.99. The Bertz CT molecular complexity index is 432. The first-order valence-electron chi connectivity index (χ1n) is 6.05. The van der Waals surface area contributed by atoms with Crippen LogP contribution in [0.1, 0.15) is 23.7 Å². The molecule has 94 valence electrons. The molecule has 0 atom stereocenters. The van der Waals surface area contributed by atoms with Gasteiger partial charge in [0.15, 0.2) is 0 Å². The Morgan fingerprint density at radius 1 is 1.00 bits per heavy atom. The standard InChI is InChI=1S/C14H17N3O/c1-2-13-7-8-14(17-16-13)18-10-12-5-3-11(9-15)4-6-12/h3-8H,2,9-10,15H2,1H3. The second-order valence-corrected chi connectivity index (χ2v) is 4.03. The van der Waals surface area contributed by atoms with Crippen molar-refractivity contribution < 1.29 is 4.74 Å². The van der Waals surface area contributed by atoms with Gasteiger partial charge in [-0.3, -0.25) is 0 Å². The third kappa shape index (κ3) is 3.28. The number of nitrogens with two attached hydrogens (primary N) is 1. The summed E-state index contributed by atoms with van der Waals surface area (Å²) >= 11 is 0. The third-order valence-electron chi connectivity index (χ3n) is 2.70. The molecule has 2 aromatic rings. The van der Waals surface area contributed by atoms with Crippen molar-refractivity contribution in [3.63, 3.8) is 0 Å². The van der Waals surface area contributed by atoms with E-state index in [0.717, 1.165) is 23.2 Å². The lowest BCUT2D eigenvalue weighted by atomic mass is 10.1. The second kappa shape index (κ2) is 6.12. The van der Waals surface area contributed by atoms with Crippen molar-refractivity contribution in [1.29, 1.82) is 0 Å². The molecule has 0 amide bonds. The zero-order valence-electron chi connectivity index (χ0n) is 10.5. The maximum Gasteiger partial charge on any atom is 0.233 e. The lowest BCUT2D eigenvalue weighted by molar-refractivity contribution is 0.290. The summed E-state index contributed by atoms with van der Waals surface area (Å²) in [6.45, 7) is 3.10. The summed E-state index contributed by atoms with van der Waals surface area (Å²) in [5, 5.41) is 8.05. The van der Waals surface area contributed by atoms with E-state index >= 15 is 0 Å². The minimum Gasteiger partial charge on any atom is -0.472 e. The van der Waals surface area contributed by atoms with Crippen molar-refractivity contribution >= 4 is 0 Å². The first kappa shape index (κ1) is 12.5. The Hall–Kier alpha value is -1.94. The van der Waals surface area contributed by atoms with Crippen molar-refractivity contribution in [2.75, 3.05) is 0 Å². The molecule has 0 radical (unpaired) electrons. The lowest BCUT2D eigenvalue weighted by Gasteiger charge is -2.05. The molecule has 18 heavy (non-hydrogen) atoms. The fraction of sp³-hybridized carbons (Fsp3) is 0.286. The largest absolute Gasteiger partial charge is 0.472 e. The van der Waals surface area contributed by atoms with Crippen molar-refractivity contribution in [2.45, 2.75) is 26.5 Å². The summed E-state index contributed by atoms with van der Waals surface area (Å²) < 4.78 is 5.56. The molecule has 0 aliphatic heterocycles. The molecular formula is C14H17N3O. The van der Waals surface area contributed by atoms with E-state index in [-0.39, 0.29) is 0 Å². The normalized spacial score (nSPS) is 10.3. The number of ether oxygens (including phenoxy) is 1. The Labute approximate surface area is 107 Å². The average molecular weight is 243 g/mol. The number of hydrogen-bond acceptors (Lipinski definition) is 4. The zero-order chi connectivity index (χ0) is 12.8. The molecule has 0 aliphatic carbocycles. The van der Waals surface area contributed by atoms with E-state index in [1.165, 1.54) is 0 Å². The highest BCUT2D eigenvalue weighted by molar-refractivity contribution is 5.22. The summed E-state index contributed by atoms with van der Waals surface area (Å²) in [6.07, 6.45) is 0.883. The SMILES string of the molecule is CCc1ccc(OCc2ccc(CN)cc2)nn1. The molecular weight excluding hydrogens is 226 g/mol. The van der Waals surface area contributed by atoms with Crippen molar-refractivity contribution in [3.05, 3.63) is 53.2 Å². The average Bonchev–Trinajstić information content (AvgIpc) is 2.46. The van der Waals surface area contributed by atoms with E-state index in [1.54, 1.807) is 0 Å². The van der Waals surface area contributed by atoms with Crippen LogP contribution in [0, 0.1) is 0 Å². The van der Waals surface area contributed by atoms with Crippen molar-refractivity contribution in [2.24, 2.45) is 5.73 Å². The maximum absolute atomic E-state index is 5.56. The monoisotopic (exact) mass is 243 g/mol. The minimum atomic E-state index is 0.491. The zero-order valence-corrected chi connectivity index (χ0v) is 10.5. The van der Waals surface area contributed by atoms with Gasteiger partial charge in [0.05, 0.1) is 5.69 Å². The van der Waals surface area contributed by atoms with Gasteiger partial charge in [-0.1, -0.05) is 31.2 Å². The van der Waals surface area contributed by atoms with Crippen LogP contribution in [0.4, 0.5) is 0 Å².